The molecule has 0 aliphatic heterocycles. The van der Waals surface area contributed by atoms with E-state index in [-0.39, 0.29) is 18.4 Å². The lowest BCUT2D eigenvalue weighted by molar-refractivity contribution is 0.271. The van der Waals surface area contributed by atoms with Crippen molar-refractivity contribution in [2.75, 3.05) is 6.61 Å². The average Bonchev–Trinajstić information content (AvgIpc) is 2.49. The van der Waals surface area contributed by atoms with E-state index >= 15 is 0 Å². The SMILES string of the molecule is N#C[C@@H](c1ccccc1)[C@H](CCO)c1ccc(Cl)cn1. The van der Waals surface area contributed by atoms with Crippen LogP contribution in [-0.2, 0) is 0 Å². The second kappa shape index (κ2) is 7.04. The highest BCUT2D eigenvalue weighted by Crippen LogP contribution is 2.34. The molecule has 2 atom stereocenters. The molecule has 3 nitrogen and oxygen atoms in total. The number of aliphatic hydroxyl groups is 1. The summed E-state index contributed by atoms with van der Waals surface area (Å²) in [6, 6.07) is 15.5. The Bertz CT molecular complexity index is 578. The molecule has 0 aliphatic carbocycles. The van der Waals surface area contributed by atoms with Crippen molar-refractivity contribution in [3.8, 4) is 6.07 Å². The minimum atomic E-state index is -0.336. The first kappa shape index (κ1) is 14.5. The predicted octanol–water partition coefficient (Wildman–Crippen LogP) is 3.51. The third-order valence-corrected chi connectivity index (χ3v) is 3.49. The fraction of sp³-hybridized carbons (Fsp3) is 0.250. The van der Waals surface area contributed by atoms with Crippen molar-refractivity contribution in [3.05, 3.63) is 64.9 Å². The van der Waals surface area contributed by atoms with Gasteiger partial charge in [-0.1, -0.05) is 41.9 Å². The highest BCUT2D eigenvalue weighted by Gasteiger charge is 2.25. The summed E-state index contributed by atoms with van der Waals surface area (Å²) < 4.78 is 0. The van der Waals surface area contributed by atoms with Crippen LogP contribution < -0.4 is 0 Å². The summed E-state index contributed by atoms with van der Waals surface area (Å²) in [7, 11) is 0. The van der Waals surface area contributed by atoms with Crippen molar-refractivity contribution in [2.24, 2.45) is 0 Å². The van der Waals surface area contributed by atoms with Gasteiger partial charge in [-0.25, -0.2) is 0 Å². The molecule has 1 heterocycles. The molecule has 0 aliphatic rings. The lowest BCUT2D eigenvalue weighted by Crippen LogP contribution is -2.13. The van der Waals surface area contributed by atoms with Crippen molar-refractivity contribution in [2.45, 2.75) is 18.3 Å². The third-order valence-electron chi connectivity index (χ3n) is 3.27. The highest BCUT2D eigenvalue weighted by atomic mass is 35.5. The molecule has 20 heavy (non-hydrogen) atoms. The zero-order valence-electron chi connectivity index (χ0n) is 10.9. The van der Waals surface area contributed by atoms with Gasteiger partial charge in [0.1, 0.15) is 0 Å². The fourth-order valence-corrected chi connectivity index (χ4v) is 2.40. The van der Waals surface area contributed by atoms with Crippen LogP contribution in [0, 0.1) is 11.3 Å². The van der Waals surface area contributed by atoms with Crippen LogP contribution in [0.3, 0.4) is 0 Å². The molecule has 0 amide bonds. The molecule has 1 aromatic carbocycles. The predicted molar refractivity (Wildman–Crippen MR) is 78.5 cm³/mol. The number of nitriles is 1. The van der Waals surface area contributed by atoms with Crippen LogP contribution in [0.5, 0.6) is 0 Å². The van der Waals surface area contributed by atoms with Crippen LogP contribution in [0.1, 0.15) is 29.5 Å². The van der Waals surface area contributed by atoms with Crippen molar-refractivity contribution in [1.82, 2.24) is 4.98 Å². The average molecular weight is 287 g/mol. The van der Waals surface area contributed by atoms with E-state index in [0.29, 0.717) is 11.4 Å². The number of benzene rings is 1. The van der Waals surface area contributed by atoms with Crippen molar-refractivity contribution in [1.29, 1.82) is 5.26 Å². The topological polar surface area (TPSA) is 56.9 Å². The Labute approximate surface area is 123 Å². The summed E-state index contributed by atoms with van der Waals surface area (Å²) in [6.07, 6.45) is 2.06. The molecular weight excluding hydrogens is 272 g/mol. The minimum absolute atomic E-state index is 0.0139. The molecule has 2 aromatic rings. The summed E-state index contributed by atoms with van der Waals surface area (Å²) >= 11 is 5.85. The summed E-state index contributed by atoms with van der Waals surface area (Å²) in [5, 5.41) is 19.3. The Morgan fingerprint density at radius 1 is 1.20 bits per heavy atom. The first-order chi connectivity index (χ1) is 9.76. The number of halogens is 1. The molecule has 0 unspecified atom stereocenters. The minimum Gasteiger partial charge on any atom is -0.396 e. The van der Waals surface area contributed by atoms with Crippen LogP contribution in [0.4, 0.5) is 0 Å². The molecule has 0 saturated heterocycles. The van der Waals surface area contributed by atoms with E-state index in [2.05, 4.69) is 11.1 Å². The quantitative estimate of drug-likeness (QED) is 0.915. The molecule has 2 rings (SSSR count). The van der Waals surface area contributed by atoms with Gasteiger partial charge in [-0.2, -0.15) is 5.26 Å². The van der Waals surface area contributed by atoms with Crippen LogP contribution >= 0.6 is 11.6 Å². The van der Waals surface area contributed by atoms with Crippen LogP contribution in [0.2, 0.25) is 5.02 Å². The second-order valence-electron chi connectivity index (χ2n) is 4.54. The molecule has 1 aromatic heterocycles. The molecule has 1 N–H and O–H groups in total. The Morgan fingerprint density at radius 3 is 2.50 bits per heavy atom. The summed E-state index contributed by atoms with van der Waals surface area (Å²) in [5.74, 6) is -0.485. The van der Waals surface area contributed by atoms with Crippen molar-refractivity contribution in [3.63, 3.8) is 0 Å². The number of hydrogen-bond acceptors (Lipinski definition) is 3. The molecule has 0 bridgehead atoms. The Balaban J connectivity index is 2.36. The molecule has 0 fully saturated rings. The monoisotopic (exact) mass is 286 g/mol. The zero-order valence-corrected chi connectivity index (χ0v) is 11.7. The van der Waals surface area contributed by atoms with Gasteiger partial charge in [0.25, 0.3) is 0 Å². The molecule has 102 valence electrons. The van der Waals surface area contributed by atoms with Gasteiger partial charge in [-0.3, -0.25) is 4.98 Å². The maximum Gasteiger partial charge on any atom is 0.0797 e. The standard InChI is InChI=1S/C16H15ClN2O/c17-13-6-7-16(19-11-13)14(8-9-20)15(10-18)12-4-2-1-3-5-12/h1-7,11,14-15,20H,8-9H2/t14-,15-/m0/s1. The zero-order chi connectivity index (χ0) is 14.4. The normalized spacial score (nSPS) is 13.4. The summed E-state index contributed by atoms with van der Waals surface area (Å²) in [5.41, 5.74) is 1.71. The number of pyridine rings is 1. The van der Waals surface area contributed by atoms with E-state index in [4.69, 9.17) is 11.6 Å². The van der Waals surface area contributed by atoms with Gasteiger partial charge in [-0.15, -0.1) is 0 Å². The van der Waals surface area contributed by atoms with Gasteiger partial charge in [0, 0.05) is 24.4 Å². The van der Waals surface area contributed by atoms with Gasteiger partial charge in [0.2, 0.25) is 0 Å². The maximum atomic E-state index is 9.51. The van der Waals surface area contributed by atoms with Crippen molar-refractivity contribution < 1.29 is 5.11 Å². The van der Waals surface area contributed by atoms with Gasteiger partial charge >= 0.3 is 0 Å². The molecular formula is C16H15ClN2O. The second-order valence-corrected chi connectivity index (χ2v) is 4.97. The number of rotatable bonds is 5. The van der Waals surface area contributed by atoms with E-state index in [9.17, 15) is 10.4 Å². The van der Waals surface area contributed by atoms with Crippen LogP contribution in [0.15, 0.2) is 48.7 Å². The number of hydrogen-bond donors (Lipinski definition) is 1. The Kier molecular flexibility index (Phi) is 5.11. The highest BCUT2D eigenvalue weighted by molar-refractivity contribution is 6.30. The third kappa shape index (κ3) is 3.36. The van der Waals surface area contributed by atoms with Gasteiger partial charge in [0.05, 0.1) is 17.0 Å². The fourth-order valence-electron chi connectivity index (χ4n) is 2.29. The first-order valence-electron chi connectivity index (χ1n) is 6.43. The molecule has 0 spiro atoms. The Hall–Kier alpha value is -1.89. The van der Waals surface area contributed by atoms with E-state index in [1.165, 1.54) is 0 Å². The molecule has 0 saturated carbocycles. The largest absolute Gasteiger partial charge is 0.396 e. The van der Waals surface area contributed by atoms with Crippen LogP contribution in [-0.4, -0.2) is 16.7 Å². The summed E-state index contributed by atoms with van der Waals surface area (Å²) in [4.78, 5) is 4.30. The van der Waals surface area contributed by atoms with E-state index < -0.39 is 0 Å². The molecule has 4 heteroatoms. The number of aliphatic hydroxyl groups excluding tert-OH is 1. The van der Waals surface area contributed by atoms with E-state index in [1.54, 1.807) is 12.3 Å². The van der Waals surface area contributed by atoms with Crippen molar-refractivity contribution >= 4 is 11.6 Å². The van der Waals surface area contributed by atoms with E-state index in [1.807, 2.05) is 36.4 Å². The van der Waals surface area contributed by atoms with E-state index in [0.717, 1.165) is 11.3 Å². The van der Waals surface area contributed by atoms with Gasteiger partial charge in [0.15, 0.2) is 0 Å². The smallest absolute Gasteiger partial charge is 0.0797 e. The van der Waals surface area contributed by atoms with Gasteiger partial charge in [-0.05, 0) is 24.1 Å². The molecule has 0 radical (unpaired) electrons. The summed E-state index contributed by atoms with van der Waals surface area (Å²) in [6.45, 7) is 0.0139. The Morgan fingerprint density at radius 2 is 1.95 bits per heavy atom. The number of aromatic nitrogens is 1. The number of nitrogens with zero attached hydrogens (tertiary/aromatic N) is 2. The first-order valence-corrected chi connectivity index (χ1v) is 6.81. The lowest BCUT2D eigenvalue weighted by atomic mass is 9.82. The van der Waals surface area contributed by atoms with Crippen LogP contribution in [0.25, 0.3) is 0 Å². The van der Waals surface area contributed by atoms with Gasteiger partial charge < -0.3 is 5.11 Å². The lowest BCUT2D eigenvalue weighted by Gasteiger charge is -2.21. The maximum absolute atomic E-state index is 9.51.